The highest BCUT2D eigenvalue weighted by molar-refractivity contribution is 5.79. The molecule has 3 rings (SSSR count). The first-order chi connectivity index (χ1) is 11.4. The van der Waals surface area contributed by atoms with Gasteiger partial charge in [-0.3, -0.25) is 9.89 Å². The summed E-state index contributed by atoms with van der Waals surface area (Å²) in [6.07, 6.45) is 3.55. The minimum Gasteiger partial charge on any atom is -0.379 e. The Morgan fingerprint density at radius 3 is 2.96 bits per heavy atom. The second kappa shape index (κ2) is 7.89. The third kappa shape index (κ3) is 4.17. The summed E-state index contributed by atoms with van der Waals surface area (Å²) in [5.74, 6) is 0.787. The van der Waals surface area contributed by atoms with Crippen molar-refractivity contribution in [2.24, 2.45) is 4.99 Å². The SMILES string of the molecule is CN=C(NCCN1CCOCC1)NCc1ccnc2ccnn12. The molecule has 0 aliphatic carbocycles. The van der Waals surface area contributed by atoms with Crippen LogP contribution in [0.25, 0.3) is 5.65 Å². The fourth-order valence-corrected chi connectivity index (χ4v) is 2.57. The van der Waals surface area contributed by atoms with E-state index in [0.717, 1.165) is 56.7 Å². The lowest BCUT2D eigenvalue weighted by molar-refractivity contribution is 0.0389. The topological polar surface area (TPSA) is 79.1 Å². The highest BCUT2D eigenvalue weighted by atomic mass is 16.5. The molecule has 0 aromatic carbocycles. The number of nitrogens with zero attached hydrogens (tertiary/aromatic N) is 5. The van der Waals surface area contributed by atoms with E-state index in [1.807, 2.05) is 16.6 Å². The molecular weight excluding hydrogens is 294 g/mol. The van der Waals surface area contributed by atoms with Crippen molar-refractivity contribution in [1.29, 1.82) is 0 Å². The van der Waals surface area contributed by atoms with E-state index >= 15 is 0 Å². The molecule has 0 atom stereocenters. The van der Waals surface area contributed by atoms with Crippen LogP contribution in [-0.2, 0) is 11.3 Å². The molecule has 0 amide bonds. The fraction of sp³-hybridized carbons (Fsp3) is 0.533. The van der Waals surface area contributed by atoms with Crippen LogP contribution in [0.15, 0.2) is 29.5 Å². The Kier molecular flexibility index (Phi) is 5.38. The first kappa shape index (κ1) is 15.7. The van der Waals surface area contributed by atoms with Gasteiger partial charge in [-0.15, -0.1) is 0 Å². The number of guanidine groups is 1. The fourth-order valence-electron chi connectivity index (χ4n) is 2.57. The molecule has 2 aromatic heterocycles. The van der Waals surface area contributed by atoms with Crippen molar-refractivity contribution < 1.29 is 4.74 Å². The number of morpholine rings is 1. The zero-order valence-electron chi connectivity index (χ0n) is 13.4. The first-order valence-electron chi connectivity index (χ1n) is 7.89. The number of hydrogen-bond acceptors (Lipinski definition) is 5. The van der Waals surface area contributed by atoms with Gasteiger partial charge in [0.05, 0.1) is 31.6 Å². The third-order valence-electron chi connectivity index (χ3n) is 3.85. The van der Waals surface area contributed by atoms with E-state index in [1.165, 1.54) is 0 Å². The van der Waals surface area contributed by atoms with Gasteiger partial charge in [0.1, 0.15) is 0 Å². The average Bonchev–Trinajstić information content (AvgIpc) is 3.08. The maximum Gasteiger partial charge on any atom is 0.191 e. The zero-order chi connectivity index (χ0) is 15.9. The smallest absolute Gasteiger partial charge is 0.191 e. The van der Waals surface area contributed by atoms with Crippen molar-refractivity contribution >= 4 is 11.6 Å². The predicted octanol–water partition coefficient (Wildman–Crippen LogP) is -0.273. The molecular formula is C15H23N7O. The molecule has 0 saturated carbocycles. The minimum absolute atomic E-state index is 0.637. The van der Waals surface area contributed by atoms with Crippen LogP contribution in [0.4, 0.5) is 0 Å². The summed E-state index contributed by atoms with van der Waals surface area (Å²) < 4.78 is 7.18. The van der Waals surface area contributed by atoms with Crippen molar-refractivity contribution in [2.75, 3.05) is 46.4 Å². The van der Waals surface area contributed by atoms with Crippen LogP contribution >= 0.6 is 0 Å². The summed E-state index contributed by atoms with van der Waals surface area (Å²) in [6.45, 7) is 6.14. The Hall–Kier alpha value is -2.19. The van der Waals surface area contributed by atoms with E-state index in [2.05, 4.69) is 30.6 Å². The Labute approximate surface area is 135 Å². The molecule has 1 fully saturated rings. The van der Waals surface area contributed by atoms with Gasteiger partial charge in [0.2, 0.25) is 0 Å². The Bertz CT molecular complexity index is 648. The van der Waals surface area contributed by atoms with Gasteiger partial charge in [-0.1, -0.05) is 0 Å². The molecule has 2 aromatic rings. The van der Waals surface area contributed by atoms with Crippen molar-refractivity contribution in [2.45, 2.75) is 6.54 Å². The molecule has 1 aliphatic rings. The molecule has 0 unspecified atom stereocenters. The highest BCUT2D eigenvalue weighted by Crippen LogP contribution is 2.02. The predicted molar refractivity (Wildman–Crippen MR) is 88.4 cm³/mol. The second-order valence-electron chi connectivity index (χ2n) is 5.34. The average molecular weight is 317 g/mol. The van der Waals surface area contributed by atoms with Crippen molar-refractivity contribution in [1.82, 2.24) is 30.1 Å². The Morgan fingerprint density at radius 2 is 2.13 bits per heavy atom. The number of aromatic nitrogens is 3. The van der Waals surface area contributed by atoms with Crippen LogP contribution in [0.5, 0.6) is 0 Å². The maximum atomic E-state index is 5.35. The molecule has 3 heterocycles. The minimum atomic E-state index is 0.637. The molecule has 23 heavy (non-hydrogen) atoms. The second-order valence-corrected chi connectivity index (χ2v) is 5.34. The maximum absolute atomic E-state index is 5.35. The van der Waals surface area contributed by atoms with Gasteiger partial charge < -0.3 is 15.4 Å². The monoisotopic (exact) mass is 317 g/mol. The van der Waals surface area contributed by atoms with Crippen LogP contribution in [0.1, 0.15) is 5.69 Å². The molecule has 1 saturated heterocycles. The molecule has 8 heteroatoms. The quantitative estimate of drug-likeness (QED) is 0.584. The van der Waals surface area contributed by atoms with Crippen molar-refractivity contribution in [3.8, 4) is 0 Å². The Balaban J connectivity index is 1.47. The molecule has 0 radical (unpaired) electrons. The Morgan fingerprint density at radius 1 is 1.26 bits per heavy atom. The molecule has 0 spiro atoms. The number of nitrogens with one attached hydrogen (secondary N) is 2. The van der Waals surface area contributed by atoms with Gasteiger partial charge >= 0.3 is 0 Å². The van der Waals surface area contributed by atoms with Gasteiger partial charge in [-0.25, -0.2) is 9.50 Å². The molecule has 2 N–H and O–H groups in total. The largest absolute Gasteiger partial charge is 0.379 e. The number of hydrogen-bond donors (Lipinski definition) is 2. The lowest BCUT2D eigenvalue weighted by Gasteiger charge is -2.26. The lowest BCUT2D eigenvalue weighted by Crippen LogP contribution is -2.44. The van der Waals surface area contributed by atoms with Crippen LogP contribution in [0.3, 0.4) is 0 Å². The van der Waals surface area contributed by atoms with E-state index in [4.69, 9.17) is 4.74 Å². The summed E-state index contributed by atoms with van der Waals surface area (Å²) in [4.78, 5) is 10.9. The normalized spacial score (nSPS) is 16.7. The number of fused-ring (bicyclic) bond motifs is 1. The standard InChI is InChI=1S/C15H23N7O/c1-16-15(18-6-7-21-8-10-23-11-9-21)19-12-13-2-4-17-14-3-5-20-22(13)14/h2-5H,6-12H2,1H3,(H2,16,18,19). The highest BCUT2D eigenvalue weighted by Gasteiger charge is 2.09. The van der Waals surface area contributed by atoms with Gasteiger partial charge in [0.15, 0.2) is 11.6 Å². The number of ether oxygens (including phenoxy) is 1. The van der Waals surface area contributed by atoms with Crippen LogP contribution in [0, 0.1) is 0 Å². The number of aliphatic imine (C=N–C) groups is 1. The van der Waals surface area contributed by atoms with Crippen LogP contribution in [-0.4, -0.2) is 71.9 Å². The van der Waals surface area contributed by atoms with Gasteiger partial charge in [0.25, 0.3) is 0 Å². The summed E-state index contributed by atoms with van der Waals surface area (Å²) in [6, 6.07) is 3.84. The van der Waals surface area contributed by atoms with E-state index in [1.54, 1.807) is 19.4 Å². The molecule has 8 nitrogen and oxygen atoms in total. The summed E-state index contributed by atoms with van der Waals surface area (Å²) in [7, 11) is 1.78. The number of rotatable bonds is 5. The van der Waals surface area contributed by atoms with Gasteiger partial charge in [0, 0.05) is 45.5 Å². The van der Waals surface area contributed by atoms with E-state index in [0.29, 0.717) is 6.54 Å². The van der Waals surface area contributed by atoms with Gasteiger partial charge in [-0.05, 0) is 6.07 Å². The van der Waals surface area contributed by atoms with Crippen molar-refractivity contribution in [3.05, 3.63) is 30.2 Å². The molecule has 1 aliphatic heterocycles. The van der Waals surface area contributed by atoms with E-state index < -0.39 is 0 Å². The van der Waals surface area contributed by atoms with Crippen LogP contribution in [0.2, 0.25) is 0 Å². The summed E-state index contributed by atoms with van der Waals surface area (Å²) >= 11 is 0. The van der Waals surface area contributed by atoms with E-state index in [-0.39, 0.29) is 0 Å². The molecule has 124 valence electrons. The van der Waals surface area contributed by atoms with Gasteiger partial charge in [-0.2, -0.15) is 5.10 Å². The van der Waals surface area contributed by atoms with Crippen LogP contribution < -0.4 is 10.6 Å². The first-order valence-corrected chi connectivity index (χ1v) is 7.89. The third-order valence-corrected chi connectivity index (χ3v) is 3.85. The zero-order valence-corrected chi connectivity index (χ0v) is 13.4. The summed E-state index contributed by atoms with van der Waals surface area (Å²) in [5.41, 5.74) is 1.88. The van der Waals surface area contributed by atoms with Crippen molar-refractivity contribution in [3.63, 3.8) is 0 Å². The molecule has 0 bridgehead atoms. The summed E-state index contributed by atoms with van der Waals surface area (Å²) in [5, 5.41) is 10.9. The lowest BCUT2D eigenvalue weighted by atomic mass is 10.4. The van der Waals surface area contributed by atoms with E-state index in [9.17, 15) is 0 Å².